The molecule has 0 radical (unpaired) electrons. The van der Waals surface area contributed by atoms with E-state index < -0.39 is 0 Å². The van der Waals surface area contributed by atoms with Crippen molar-refractivity contribution in [3.8, 4) is 0 Å². The number of benzene rings is 1. The lowest BCUT2D eigenvalue weighted by molar-refractivity contribution is 0.112. The molecule has 0 aliphatic rings. The first-order chi connectivity index (χ1) is 5.81. The maximum Gasteiger partial charge on any atom is 0.150 e. The smallest absolute Gasteiger partial charge is 0.150 e. The van der Waals surface area contributed by atoms with Gasteiger partial charge in [-0.05, 0) is 17.2 Å². The lowest BCUT2D eigenvalue weighted by Gasteiger charge is -2.02. The second-order valence-electron chi connectivity index (χ2n) is 2.47. The lowest BCUT2D eigenvalue weighted by atomic mass is 10.1. The van der Waals surface area contributed by atoms with E-state index >= 15 is 0 Å². The second-order valence-corrected chi connectivity index (χ2v) is 2.47. The van der Waals surface area contributed by atoms with Gasteiger partial charge < -0.3 is 10.2 Å². The zero-order valence-corrected chi connectivity index (χ0v) is 6.53. The van der Waals surface area contributed by atoms with Crippen molar-refractivity contribution >= 4 is 6.29 Å². The van der Waals surface area contributed by atoms with E-state index in [1.54, 1.807) is 18.2 Å². The third kappa shape index (κ3) is 1.69. The van der Waals surface area contributed by atoms with Crippen molar-refractivity contribution in [1.29, 1.82) is 0 Å². The predicted molar refractivity (Wildman–Crippen MR) is 43.7 cm³/mol. The molecule has 0 aliphatic carbocycles. The fourth-order valence-corrected chi connectivity index (χ4v) is 0.996. The molecular formula is C9H10O3. The minimum absolute atomic E-state index is 0.0907. The monoisotopic (exact) mass is 166 g/mol. The number of rotatable bonds is 3. The average molecular weight is 166 g/mol. The van der Waals surface area contributed by atoms with Crippen LogP contribution < -0.4 is 0 Å². The normalized spacial score (nSPS) is 9.83. The number of aldehydes is 1. The summed E-state index contributed by atoms with van der Waals surface area (Å²) in [5.41, 5.74) is 1.69. The highest BCUT2D eigenvalue weighted by atomic mass is 16.3. The first-order valence-corrected chi connectivity index (χ1v) is 3.60. The summed E-state index contributed by atoms with van der Waals surface area (Å²) in [5, 5.41) is 17.5. The van der Waals surface area contributed by atoms with Crippen molar-refractivity contribution in [3.05, 3.63) is 34.9 Å². The minimum atomic E-state index is -0.153. The SMILES string of the molecule is O=Cc1cc(CO)ccc1CO. The van der Waals surface area contributed by atoms with Crippen molar-refractivity contribution in [2.24, 2.45) is 0 Å². The van der Waals surface area contributed by atoms with Crippen LogP contribution in [0.15, 0.2) is 18.2 Å². The third-order valence-corrected chi connectivity index (χ3v) is 1.69. The van der Waals surface area contributed by atoms with Crippen molar-refractivity contribution in [1.82, 2.24) is 0 Å². The van der Waals surface area contributed by atoms with Crippen molar-refractivity contribution in [2.45, 2.75) is 13.2 Å². The van der Waals surface area contributed by atoms with Gasteiger partial charge in [0.05, 0.1) is 13.2 Å². The summed E-state index contributed by atoms with van der Waals surface area (Å²) in [7, 11) is 0. The van der Waals surface area contributed by atoms with Crippen molar-refractivity contribution < 1.29 is 15.0 Å². The Morgan fingerprint density at radius 1 is 1.25 bits per heavy atom. The molecule has 12 heavy (non-hydrogen) atoms. The third-order valence-electron chi connectivity index (χ3n) is 1.69. The molecule has 0 amide bonds. The highest BCUT2D eigenvalue weighted by Crippen LogP contribution is 2.10. The van der Waals surface area contributed by atoms with Gasteiger partial charge in [0, 0.05) is 5.56 Å². The van der Waals surface area contributed by atoms with Crippen LogP contribution in [0.3, 0.4) is 0 Å². The van der Waals surface area contributed by atoms with E-state index in [0.29, 0.717) is 23.0 Å². The lowest BCUT2D eigenvalue weighted by Crippen LogP contribution is -1.94. The van der Waals surface area contributed by atoms with Gasteiger partial charge in [0.25, 0.3) is 0 Å². The standard InChI is InChI=1S/C9H10O3/c10-4-7-1-2-8(5-11)9(3-7)6-12/h1-3,6,10-11H,4-5H2. The molecule has 0 unspecified atom stereocenters. The van der Waals surface area contributed by atoms with E-state index in [9.17, 15) is 4.79 Å². The summed E-state index contributed by atoms with van der Waals surface area (Å²) in [4.78, 5) is 10.5. The Hall–Kier alpha value is -1.19. The van der Waals surface area contributed by atoms with Crippen LogP contribution in [0.1, 0.15) is 21.5 Å². The maximum atomic E-state index is 10.5. The van der Waals surface area contributed by atoms with Gasteiger partial charge in [-0.2, -0.15) is 0 Å². The highest BCUT2D eigenvalue weighted by Gasteiger charge is 2.00. The molecule has 3 heteroatoms. The molecule has 3 nitrogen and oxygen atoms in total. The van der Waals surface area contributed by atoms with E-state index in [2.05, 4.69) is 0 Å². The van der Waals surface area contributed by atoms with Gasteiger partial charge in [0.1, 0.15) is 6.29 Å². The van der Waals surface area contributed by atoms with E-state index in [0.717, 1.165) is 0 Å². The second kappa shape index (κ2) is 3.99. The first kappa shape index (κ1) is 8.90. The topological polar surface area (TPSA) is 57.5 Å². The van der Waals surface area contributed by atoms with Crippen LogP contribution in [0.25, 0.3) is 0 Å². The maximum absolute atomic E-state index is 10.5. The number of carbonyl (C=O) groups excluding carboxylic acids is 1. The Labute approximate surface area is 70.3 Å². The quantitative estimate of drug-likeness (QED) is 0.642. The summed E-state index contributed by atoms with van der Waals surface area (Å²) in [6, 6.07) is 4.88. The molecule has 2 N–H and O–H groups in total. The summed E-state index contributed by atoms with van der Waals surface area (Å²) in [5.74, 6) is 0. The molecular weight excluding hydrogens is 156 g/mol. The summed E-state index contributed by atoms with van der Waals surface area (Å²) >= 11 is 0. The van der Waals surface area contributed by atoms with Crippen LogP contribution >= 0.6 is 0 Å². The van der Waals surface area contributed by atoms with Crippen LogP contribution in [0.4, 0.5) is 0 Å². The molecule has 0 bridgehead atoms. The van der Waals surface area contributed by atoms with Gasteiger partial charge in [-0.25, -0.2) is 0 Å². The van der Waals surface area contributed by atoms with E-state index in [1.165, 1.54) is 0 Å². The molecule has 64 valence electrons. The first-order valence-electron chi connectivity index (χ1n) is 3.60. The van der Waals surface area contributed by atoms with Crippen molar-refractivity contribution in [2.75, 3.05) is 0 Å². The van der Waals surface area contributed by atoms with Gasteiger partial charge in [0.2, 0.25) is 0 Å². The molecule has 0 aromatic heterocycles. The van der Waals surface area contributed by atoms with Gasteiger partial charge >= 0.3 is 0 Å². The summed E-state index contributed by atoms with van der Waals surface area (Å²) in [6.45, 7) is -0.244. The fourth-order valence-electron chi connectivity index (χ4n) is 0.996. The number of aliphatic hydroxyl groups is 2. The molecule has 1 rings (SSSR count). The van der Waals surface area contributed by atoms with Gasteiger partial charge in [-0.1, -0.05) is 12.1 Å². The molecule has 1 aromatic carbocycles. The number of aliphatic hydroxyl groups excluding tert-OH is 2. The summed E-state index contributed by atoms with van der Waals surface area (Å²) < 4.78 is 0. The highest BCUT2D eigenvalue weighted by molar-refractivity contribution is 5.77. The summed E-state index contributed by atoms with van der Waals surface area (Å²) in [6.07, 6.45) is 0.671. The van der Waals surface area contributed by atoms with Gasteiger partial charge in [-0.3, -0.25) is 4.79 Å². The predicted octanol–water partition coefficient (Wildman–Crippen LogP) is 0.484. The van der Waals surface area contributed by atoms with Gasteiger partial charge in [-0.15, -0.1) is 0 Å². The number of hydrogen-bond donors (Lipinski definition) is 2. The fraction of sp³-hybridized carbons (Fsp3) is 0.222. The molecule has 0 aliphatic heterocycles. The zero-order chi connectivity index (χ0) is 8.97. The van der Waals surface area contributed by atoms with Crippen molar-refractivity contribution in [3.63, 3.8) is 0 Å². The zero-order valence-electron chi connectivity index (χ0n) is 6.53. The molecule has 0 atom stereocenters. The molecule has 0 saturated carbocycles. The Kier molecular flexibility index (Phi) is 2.96. The Morgan fingerprint density at radius 3 is 2.50 bits per heavy atom. The van der Waals surface area contributed by atoms with E-state index in [1.807, 2.05) is 0 Å². The van der Waals surface area contributed by atoms with E-state index in [4.69, 9.17) is 10.2 Å². The minimum Gasteiger partial charge on any atom is -0.392 e. The van der Waals surface area contributed by atoms with Crippen LogP contribution in [-0.2, 0) is 13.2 Å². The Bertz CT molecular complexity index is 281. The number of hydrogen-bond acceptors (Lipinski definition) is 3. The molecule has 0 saturated heterocycles. The molecule has 0 spiro atoms. The van der Waals surface area contributed by atoms with Gasteiger partial charge in [0.15, 0.2) is 0 Å². The molecule has 1 aromatic rings. The Balaban J connectivity index is 3.10. The Morgan fingerprint density at radius 2 is 2.00 bits per heavy atom. The van der Waals surface area contributed by atoms with Crippen LogP contribution in [0.5, 0.6) is 0 Å². The van der Waals surface area contributed by atoms with Crippen LogP contribution in [0, 0.1) is 0 Å². The largest absolute Gasteiger partial charge is 0.392 e. The van der Waals surface area contributed by atoms with Crippen LogP contribution in [0.2, 0.25) is 0 Å². The van der Waals surface area contributed by atoms with E-state index in [-0.39, 0.29) is 13.2 Å². The molecule has 0 heterocycles. The van der Waals surface area contributed by atoms with Crippen LogP contribution in [-0.4, -0.2) is 16.5 Å². The number of carbonyl (C=O) groups is 1. The average Bonchev–Trinajstić information content (AvgIpc) is 2.16. The molecule has 0 fully saturated rings.